The van der Waals surface area contributed by atoms with E-state index in [1.54, 1.807) is 0 Å². The number of hydrogen-bond acceptors (Lipinski definition) is 2. The van der Waals surface area contributed by atoms with E-state index in [9.17, 15) is 0 Å². The van der Waals surface area contributed by atoms with Gasteiger partial charge in [-0.25, -0.2) is 0 Å². The van der Waals surface area contributed by atoms with Crippen molar-refractivity contribution in [2.24, 2.45) is 5.92 Å². The van der Waals surface area contributed by atoms with Crippen molar-refractivity contribution in [3.8, 4) is 0 Å². The maximum absolute atomic E-state index is 5.77. The van der Waals surface area contributed by atoms with E-state index in [0.29, 0.717) is 0 Å². The second-order valence-electron chi connectivity index (χ2n) is 4.91. The molecule has 0 saturated carbocycles. The minimum absolute atomic E-state index is 0.00199. The number of rotatable bonds is 7. The molecule has 0 aliphatic carbocycles. The van der Waals surface area contributed by atoms with E-state index < -0.39 is 0 Å². The van der Waals surface area contributed by atoms with Crippen molar-refractivity contribution in [2.75, 3.05) is 6.61 Å². The second-order valence-corrected chi connectivity index (χ2v) is 5.97. The summed E-state index contributed by atoms with van der Waals surface area (Å²) in [6, 6.07) is 0. The summed E-state index contributed by atoms with van der Waals surface area (Å²) in [7, 11) is 0. The van der Waals surface area contributed by atoms with E-state index in [-0.39, 0.29) is 6.29 Å². The molecular weight excluding hydrogens is 327 g/mol. The van der Waals surface area contributed by atoms with Crippen LogP contribution in [-0.4, -0.2) is 12.9 Å². The van der Waals surface area contributed by atoms with Crippen molar-refractivity contribution in [3.05, 3.63) is 9.84 Å². The van der Waals surface area contributed by atoms with Gasteiger partial charge in [0.1, 0.15) is 0 Å². The number of unbranched alkanes of at least 4 members (excludes halogenated alkanes) is 1. The van der Waals surface area contributed by atoms with Gasteiger partial charge in [-0.1, -0.05) is 33.1 Å². The van der Waals surface area contributed by atoms with Gasteiger partial charge >= 0.3 is 0 Å². The molecule has 1 aliphatic rings. The van der Waals surface area contributed by atoms with Crippen molar-refractivity contribution >= 4 is 22.6 Å². The zero-order chi connectivity index (χ0) is 12.5. The third-order valence-corrected chi connectivity index (χ3v) is 3.81. The van der Waals surface area contributed by atoms with Gasteiger partial charge < -0.3 is 9.47 Å². The maximum Gasteiger partial charge on any atom is 0.200 e. The molecule has 1 fully saturated rings. The van der Waals surface area contributed by atoms with Crippen LogP contribution in [0.4, 0.5) is 0 Å². The first-order chi connectivity index (χ1) is 8.22. The van der Waals surface area contributed by atoms with Gasteiger partial charge in [-0.3, -0.25) is 0 Å². The predicted octanol–water partition coefficient (Wildman–Crippen LogP) is 5.02. The lowest BCUT2D eigenvalue weighted by Gasteiger charge is -2.23. The van der Waals surface area contributed by atoms with Crippen molar-refractivity contribution in [3.63, 3.8) is 0 Å². The minimum Gasteiger partial charge on any atom is -0.459 e. The summed E-state index contributed by atoms with van der Waals surface area (Å²) in [6.07, 6.45) is 10.7. The number of allylic oxidation sites excluding steroid dienone is 1. The lowest BCUT2D eigenvalue weighted by molar-refractivity contribution is -0.131. The fourth-order valence-electron chi connectivity index (χ4n) is 1.94. The molecule has 0 spiro atoms. The van der Waals surface area contributed by atoms with Gasteiger partial charge in [0.25, 0.3) is 0 Å². The Morgan fingerprint density at radius 1 is 1.53 bits per heavy atom. The zero-order valence-electron chi connectivity index (χ0n) is 11.1. The molecule has 0 aromatic rings. The Kier molecular flexibility index (Phi) is 8.27. The Hall–Kier alpha value is 0.230. The van der Waals surface area contributed by atoms with E-state index in [1.165, 1.54) is 32.1 Å². The van der Waals surface area contributed by atoms with Crippen LogP contribution in [0.5, 0.6) is 0 Å². The van der Waals surface area contributed by atoms with Crippen LogP contribution in [0, 0.1) is 5.92 Å². The van der Waals surface area contributed by atoms with Crippen LogP contribution in [0.25, 0.3) is 0 Å². The van der Waals surface area contributed by atoms with Crippen LogP contribution in [-0.2, 0) is 9.47 Å². The summed E-state index contributed by atoms with van der Waals surface area (Å²) in [5.41, 5.74) is 0. The standard InChI is InChI=1S/C14H25IO2/c1-3-4-7-12(2)9-10-13(15)17-14-8-5-6-11-16-14/h10,12,14H,3-9,11H2,1-2H3. The van der Waals surface area contributed by atoms with Crippen molar-refractivity contribution < 1.29 is 9.47 Å². The highest BCUT2D eigenvalue weighted by molar-refractivity contribution is 14.1. The normalized spacial score (nSPS) is 23.5. The summed E-state index contributed by atoms with van der Waals surface area (Å²) in [6.45, 7) is 5.41. The van der Waals surface area contributed by atoms with E-state index in [1.807, 2.05) is 0 Å². The topological polar surface area (TPSA) is 18.5 Å². The number of ether oxygens (including phenoxy) is 2. The van der Waals surface area contributed by atoms with Gasteiger partial charge in [0.2, 0.25) is 0 Å². The van der Waals surface area contributed by atoms with Crippen LogP contribution in [0.3, 0.4) is 0 Å². The molecule has 1 rings (SSSR count). The smallest absolute Gasteiger partial charge is 0.200 e. The molecule has 1 heterocycles. The first-order valence-electron chi connectivity index (χ1n) is 6.86. The Balaban J connectivity index is 2.18. The molecule has 0 radical (unpaired) electrons. The summed E-state index contributed by atoms with van der Waals surface area (Å²) >= 11 is 2.27. The van der Waals surface area contributed by atoms with E-state index in [0.717, 1.165) is 29.1 Å². The molecule has 100 valence electrons. The van der Waals surface area contributed by atoms with E-state index in [2.05, 4.69) is 42.5 Å². The predicted molar refractivity (Wildman–Crippen MR) is 80.1 cm³/mol. The van der Waals surface area contributed by atoms with Gasteiger partial charge in [0.15, 0.2) is 10.1 Å². The second kappa shape index (κ2) is 9.20. The van der Waals surface area contributed by atoms with Gasteiger partial charge in [-0.05, 0) is 53.8 Å². The van der Waals surface area contributed by atoms with Crippen LogP contribution < -0.4 is 0 Å². The fourth-order valence-corrected chi connectivity index (χ4v) is 2.48. The molecule has 2 atom stereocenters. The largest absolute Gasteiger partial charge is 0.459 e. The average molecular weight is 352 g/mol. The highest BCUT2D eigenvalue weighted by Crippen LogP contribution is 2.22. The van der Waals surface area contributed by atoms with E-state index >= 15 is 0 Å². The molecule has 0 aromatic carbocycles. The monoisotopic (exact) mass is 352 g/mol. The Bertz CT molecular complexity index is 222. The average Bonchev–Trinajstić information content (AvgIpc) is 2.35. The fraction of sp³-hybridized carbons (Fsp3) is 0.857. The van der Waals surface area contributed by atoms with Crippen molar-refractivity contribution in [1.82, 2.24) is 0 Å². The molecular formula is C14H25IO2. The van der Waals surface area contributed by atoms with Crippen LogP contribution >= 0.6 is 22.6 Å². The Labute approximate surface area is 119 Å². The molecule has 0 bridgehead atoms. The summed E-state index contributed by atoms with van der Waals surface area (Å²) in [4.78, 5) is 0. The van der Waals surface area contributed by atoms with Gasteiger partial charge in [0.05, 0.1) is 6.61 Å². The number of halogens is 1. The van der Waals surface area contributed by atoms with Gasteiger partial charge in [-0.15, -0.1) is 0 Å². The molecule has 1 saturated heterocycles. The SMILES string of the molecule is CCCCC(C)CC=C(I)OC1CCCCO1. The van der Waals surface area contributed by atoms with Crippen molar-refractivity contribution in [1.29, 1.82) is 0 Å². The summed E-state index contributed by atoms with van der Waals surface area (Å²) in [5, 5.41) is 0. The molecule has 2 nitrogen and oxygen atoms in total. The molecule has 17 heavy (non-hydrogen) atoms. The first-order valence-corrected chi connectivity index (χ1v) is 7.94. The van der Waals surface area contributed by atoms with Gasteiger partial charge in [-0.2, -0.15) is 0 Å². The molecule has 0 amide bonds. The Morgan fingerprint density at radius 2 is 2.35 bits per heavy atom. The quantitative estimate of drug-likeness (QED) is 0.473. The van der Waals surface area contributed by atoms with Crippen LogP contribution in [0.1, 0.15) is 58.8 Å². The molecule has 1 aliphatic heterocycles. The maximum atomic E-state index is 5.77. The summed E-state index contributed by atoms with van der Waals surface area (Å²) in [5.74, 6) is 0.760. The Morgan fingerprint density at radius 3 is 3.00 bits per heavy atom. The van der Waals surface area contributed by atoms with E-state index in [4.69, 9.17) is 9.47 Å². The lowest BCUT2D eigenvalue weighted by Crippen LogP contribution is -2.21. The summed E-state index contributed by atoms with van der Waals surface area (Å²) < 4.78 is 12.3. The van der Waals surface area contributed by atoms with Gasteiger partial charge in [0, 0.05) is 6.42 Å². The highest BCUT2D eigenvalue weighted by Gasteiger charge is 2.15. The molecule has 2 unspecified atom stereocenters. The van der Waals surface area contributed by atoms with Crippen LogP contribution in [0.15, 0.2) is 9.84 Å². The van der Waals surface area contributed by atoms with Crippen LogP contribution in [0.2, 0.25) is 0 Å². The third-order valence-electron chi connectivity index (χ3n) is 3.11. The lowest BCUT2D eigenvalue weighted by atomic mass is 10.0. The minimum atomic E-state index is -0.00199. The first kappa shape index (κ1) is 15.3. The molecule has 0 N–H and O–H groups in total. The van der Waals surface area contributed by atoms with Crippen molar-refractivity contribution in [2.45, 2.75) is 65.1 Å². The number of hydrogen-bond donors (Lipinski definition) is 0. The highest BCUT2D eigenvalue weighted by atomic mass is 127. The third kappa shape index (κ3) is 7.29. The molecule has 3 heteroatoms. The zero-order valence-corrected chi connectivity index (χ0v) is 13.2. The molecule has 0 aromatic heterocycles.